The highest BCUT2D eigenvalue weighted by molar-refractivity contribution is 5.91. The summed E-state index contributed by atoms with van der Waals surface area (Å²) in [6.07, 6.45) is 0. The van der Waals surface area contributed by atoms with Crippen LogP contribution in [-0.4, -0.2) is 20.6 Å². The van der Waals surface area contributed by atoms with Crippen molar-refractivity contribution in [2.24, 2.45) is 0 Å². The Bertz CT molecular complexity index is 1280. The maximum absolute atomic E-state index is 13.5. The number of hydrogen-bond donors (Lipinski definition) is 1. The van der Waals surface area contributed by atoms with Crippen LogP contribution in [0.5, 0.6) is 0 Å². The predicted molar refractivity (Wildman–Crippen MR) is 109 cm³/mol. The third-order valence-electron chi connectivity index (χ3n) is 4.50. The van der Waals surface area contributed by atoms with Crippen molar-refractivity contribution in [3.05, 3.63) is 88.5 Å². The van der Waals surface area contributed by atoms with Gasteiger partial charge in [-0.15, -0.1) is 0 Å². The highest BCUT2D eigenvalue weighted by Gasteiger charge is 2.17. The summed E-state index contributed by atoms with van der Waals surface area (Å²) in [4.78, 5) is 29.3. The van der Waals surface area contributed by atoms with Gasteiger partial charge < -0.3 is 9.84 Å². The highest BCUT2D eigenvalue weighted by atomic mass is 19.1. The van der Waals surface area contributed by atoms with Gasteiger partial charge in [-0.2, -0.15) is 4.98 Å². The molecule has 150 valence electrons. The summed E-state index contributed by atoms with van der Waals surface area (Å²) >= 11 is 0. The average Bonchev–Trinajstić information content (AvgIpc) is 3.21. The molecule has 30 heavy (non-hydrogen) atoms. The maximum Gasteiger partial charge on any atom is 0.274 e. The van der Waals surface area contributed by atoms with Gasteiger partial charge in [0.25, 0.3) is 11.4 Å². The minimum atomic E-state index is -0.427. The summed E-state index contributed by atoms with van der Waals surface area (Å²) in [5.41, 5.74) is 1.91. The molecule has 8 heteroatoms. The average molecular weight is 404 g/mol. The summed E-state index contributed by atoms with van der Waals surface area (Å²) in [5, 5.41) is 6.66. The van der Waals surface area contributed by atoms with Crippen molar-refractivity contribution in [2.75, 3.05) is 5.32 Å². The summed E-state index contributed by atoms with van der Waals surface area (Å²) in [6, 6.07) is 17.6. The van der Waals surface area contributed by atoms with Crippen molar-refractivity contribution in [1.29, 1.82) is 0 Å². The van der Waals surface area contributed by atoms with Gasteiger partial charge in [0.2, 0.25) is 11.7 Å². The molecule has 0 aliphatic rings. The first-order valence-corrected chi connectivity index (χ1v) is 9.16. The minimum absolute atomic E-state index is 0.0515. The Kier molecular flexibility index (Phi) is 5.21. The van der Waals surface area contributed by atoms with Crippen LogP contribution in [0, 0.1) is 12.7 Å². The molecule has 2 aromatic carbocycles. The molecule has 4 rings (SSSR count). The van der Waals surface area contributed by atoms with Gasteiger partial charge in [-0.1, -0.05) is 41.6 Å². The molecule has 0 bridgehead atoms. The SMILES string of the molecule is Cc1ccccc1NC(=O)Cn1c(-c2nc(-c3cccc(F)c3)no2)cccc1=O. The molecular weight excluding hydrogens is 387 g/mol. The lowest BCUT2D eigenvalue weighted by Gasteiger charge is -2.11. The Morgan fingerprint density at radius 1 is 1.10 bits per heavy atom. The lowest BCUT2D eigenvalue weighted by molar-refractivity contribution is -0.116. The number of aromatic nitrogens is 3. The molecule has 2 aromatic heterocycles. The number of amides is 1. The number of para-hydroxylation sites is 1. The first-order chi connectivity index (χ1) is 14.5. The fourth-order valence-corrected chi connectivity index (χ4v) is 2.99. The van der Waals surface area contributed by atoms with Crippen LogP contribution in [0.2, 0.25) is 0 Å². The Labute approximate surface area is 170 Å². The van der Waals surface area contributed by atoms with Crippen LogP contribution in [0.25, 0.3) is 23.0 Å². The van der Waals surface area contributed by atoms with Gasteiger partial charge in [0.15, 0.2) is 0 Å². The van der Waals surface area contributed by atoms with E-state index in [0.29, 0.717) is 11.3 Å². The third kappa shape index (κ3) is 4.02. The summed E-state index contributed by atoms with van der Waals surface area (Å²) in [7, 11) is 0. The molecule has 0 spiro atoms. The monoisotopic (exact) mass is 404 g/mol. The summed E-state index contributed by atoms with van der Waals surface area (Å²) in [5.74, 6) is -0.570. The van der Waals surface area contributed by atoms with Gasteiger partial charge in [0.05, 0.1) is 0 Å². The molecule has 0 saturated carbocycles. The van der Waals surface area contributed by atoms with E-state index in [1.807, 2.05) is 25.1 Å². The molecule has 0 atom stereocenters. The molecule has 1 amide bonds. The van der Waals surface area contributed by atoms with E-state index in [1.54, 1.807) is 24.3 Å². The van der Waals surface area contributed by atoms with Crippen LogP contribution in [0.15, 0.2) is 76.0 Å². The molecule has 7 nitrogen and oxygen atoms in total. The minimum Gasteiger partial charge on any atom is -0.332 e. The Morgan fingerprint density at radius 2 is 1.90 bits per heavy atom. The number of carbonyl (C=O) groups excluding carboxylic acids is 1. The molecule has 2 heterocycles. The van der Waals surface area contributed by atoms with Gasteiger partial charge in [-0.3, -0.25) is 14.2 Å². The smallest absolute Gasteiger partial charge is 0.274 e. The highest BCUT2D eigenvalue weighted by Crippen LogP contribution is 2.22. The number of nitrogens with one attached hydrogen (secondary N) is 1. The molecule has 0 aliphatic heterocycles. The van der Waals surface area contributed by atoms with Crippen molar-refractivity contribution in [3.8, 4) is 23.0 Å². The van der Waals surface area contributed by atoms with Gasteiger partial charge in [0.1, 0.15) is 18.1 Å². The topological polar surface area (TPSA) is 90.0 Å². The normalized spacial score (nSPS) is 10.7. The van der Waals surface area contributed by atoms with Gasteiger partial charge in [-0.25, -0.2) is 4.39 Å². The Morgan fingerprint density at radius 3 is 2.70 bits per heavy atom. The van der Waals surface area contributed by atoms with E-state index in [0.717, 1.165) is 5.56 Å². The lowest BCUT2D eigenvalue weighted by atomic mass is 10.2. The van der Waals surface area contributed by atoms with Crippen LogP contribution < -0.4 is 10.9 Å². The zero-order valence-corrected chi connectivity index (χ0v) is 16.0. The summed E-state index contributed by atoms with van der Waals surface area (Å²) in [6.45, 7) is 1.64. The van der Waals surface area contributed by atoms with Crippen molar-refractivity contribution in [3.63, 3.8) is 0 Å². The van der Waals surface area contributed by atoms with Crippen LogP contribution in [0.4, 0.5) is 10.1 Å². The van der Waals surface area contributed by atoms with E-state index in [1.165, 1.54) is 28.8 Å². The second kappa shape index (κ2) is 8.12. The van der Waals surface area contributed by atoms with Crippen molar-refractivity contribution < 1.29 is 13.7 Å². The van der Waals surface area contributed by atoms with E-state index in [2.05, 4.69) is 15.5 Å². The quantitative estimate of drug-likeness (QED) is 0.548. The van der Waals surface area contributed by atoms with Crippen LogP contribution in [0.1, 0.15) is 5.56 Å². The van der Waals surface area contributed by atoms with E-state index in [4.69, 9.17) is 4.52 Å². The van der Waals surface area contributed by atoms with Crippen molar-refractivity contribution in [1.82, 2.24) is 14.7 Å². The number of carbonyl (C=O) groups is 1. The molecule has 0 fully saturated rings. The lowest BCUT2D eigenvalue weighted by Crippen LogP contribution is -2.28. The van der Waals surface area contributed by atoms with Crippen LogP contribution in [0.3, 0.4) is 0 Å². The van der Waals surface area contributed by atoms with E-state index in [-0.39, 0.29) is 29.9 Å². The fraction of sp³-hybridized carbons (Fsp3) is 0.0909. The molecule has 1 N–H and O–H groups in total. The predicted octanol–water partition coefficient (Wildman–Crippen LogP) is 3.65. The van der Waals surface area contributed by atoms with E-state index >= 15 is 0 Å². The van der Waals surface area contributed by atoms with Gasteiger partial charge in [-0.05, 0) is 36.8 Å². The zero-order valence-electron chi connectivity index (χ0n) is 16.0. The number of benzene rings is 2. The molecule has 0 unspecified atom stereocenters. The fourth-order valence-electron chi connectivity index (χ4n) is 2.99. The van der Waals surface area contributed by atoms with E-state index < -0.39 is 11.4 Å². The molecule has 4 aromatic rings. The third-order valence-corrected chi connectivity index (χ3v) is 4.50. The molecule has 0 aliphatic carbocycles. The standard InChI is InChI=1S/C22H17FN4O3/c1-14-6-2-3-9-17(14)24-19(28)13-27-18(10-5-11-20(27)29)22-25-21(26-30-22)15-7-4-8-16(23)12-15/h2-12H,13H2,1H3,(H,24,28). The number of nitrogens with zero attached hydrogens (tertiary/aromatic N) is 3. The largest absolute Gasteiger partial charge is 0.332 e. The molecular formula is C22H17FN4O3. The number of aryl methyl sites for hydroxylation is 1. The Hall–Kier alpha value is -4.07. The number of rotatable bonds is 5. The summed E-state index contributed by atoms with van der Waals surface area (Å²) < 4.78 is 20.0. The zero-order chi connectivity index (χ0) is 21.1. The first kappa shape index (κ1) is 19.3. The number of halogens is 1. The number of anilines is 1. The second-order valence-electron chi connectivity index (χ2n) is 6.63. The van der Waals surface area contributed by atoms with Crippen LogP contribution >= 0.6 is 0 Å². The molecule has 0 saturated heterocycles. The number of hydrogen-bond acceptors (Lipinski definition) is 5. The van der Waals surface area contributed by atoms with Crippen molar-refractivity contribution in [2.45, 2.75) is 13.5 Å². The molecule has 0 radical (unpaired) electrons. The maximum atomic E-state index is 13.5. The Balaban J connectivity index is 1.63. The van der Waals surface area contributed by atoms with Gasteiger partial charge >= 0.3 is 0 Å². The van der Waals surface area contributed by atoms with Gasteiger partial charge in [0, 0.05) is 17.3 Å². The first-order valence-electron chi connectivity index (χ1n) is 9.16. The second-order valence-corrected chi connectivity index (χ2v) is 6.63. The van der Waals surface area contributed by atoms with Crippen LogP contribution in [-0.2, 0) is 11.3 Å². The van der Waals surface area contributed by atoms with Crippen molar-refractivity contribution >= 4 is 11.6 Å². The van der Waals surface area contributed by atoms with E-state index in [9.17, 15) is 14.0 Å². The number of pyridine rings is 1.